The molecule has 0 unspecified atom stereocenters. The van der Waals surface area contributed by atoms with Crippen molar-refractivity contribution in [2.75, 3.05) is 0 Å². The second-order valence-corrected chi connectivity index (χ2v) is 4.70. The highest BCUT2D eigenvalue weighted by atomic mass is 15.2. The minimum Gasteiger partial charge on any atom is -0.341 e. The minimum atomic E-state index is 0.576. The largest absolute Gasteiger partial charge is 0.341 e. The van der Waals surface area contributed by atoms with Gasteiger partial charge in [-0.15, -0.1) is 0 Å². The summed E-state index contributed by atoms with van der Waals surface area (Å²) >= 11 is 0. The highest BCUT2D eigenvalue weighted by molar-refractivity contribution is 5.77. The van der Waals surface area contributed by atoms with Gasteiger partial charge in [0.2, 0.25) is 0 Å². The fourth-order valence-corrected chi connectivity index (χ4v) is 1.90. The van der Waals surface area contributed by atoms with E-state index in [0.717, 1.165) is 29.0 Å². The molecular formula is C12H14N6. The zero-order valence-corrected chi connectivity index (χ0v) is 10.3. The number of hydrogen-bond acceptors (Lipinski definition) is 4. The molecule has 0 aliphatic carbocycles. The third-order valence-corrected chi connectivity index (χ3v) is 2.68. The van der Waals surface area contributed by atoms with E-state index in [1.807, 2.05) is 6.07 Å². The molecule has 0 aromatic carbocycles. The summed E-state index contributed by atoms with van der Waals surface area (Å²) in [4.78, 5) is 16.3. The summed E-state index contributed by atoms with van der Waals surface area (Å²) in [6.07, 6.45) is 4.19. The summed E-state index contributed by atoms with van der Waals surface area (Å²) in [5.74, 6) is 2.23. The average Bonchev–Trinajstić information content (AvgIpc) is 2.94. The predicted octanol–water partition coefficient (Wildman–Crippen LogP) is 1.94. The van der Waals surface area contributed by atoms with Crippen LogP contribution < -0.4 is 0 Å². The number of imidazole rings is 1. The molecule has 0 saturated carbocycles. The Morgan fingerprint density at radius 1 is 1.28 bits per heavy atom. The monoisotopic (exact) mass is 242 g/mol. The van der Waals surface area contributed by atoms with Crippen molar-refractivity contribution in [2.24, 2.45) is 5.92 Å². The molecule has 18 heavy (non-hydrogen) atoms. The van der Waals surface area contributed by atoms with Gasteiger partial charge < -0.3 is 4.98 Å². The molecule has 0 bridgehead atoms. The third kappa shape index (κ3) is 1.97. The van der Waals surface area contributed by atoms with E-state index in [4.69, 9.17) is 0 Å². The molecule has 6 heteroatoms. The van der Waals surface area contributed by atoms with Crippen molar-refractivity contribution >= 4 is 11.0 Å². The first-order valence-corrected chi connectivity index (χ1v) is 5.93. The van der Waals surface area contributed by atoms with E-state index in [9.17, 15) is 0 Å². The van der Waals surface area contributed by atoms with Gasteiger partial charge in [-0.1, -0.05) is 13.8 Å². The van der Waals surface area contributed by atoms with Crippen LogP contribution >= 0.6 is 0 Å². The number of fused-ring (bicyclic) bond motifs is 1. The lowest BCUT2D eigenvalue weighted by Gasteiger charge is -1.98. The number of pyridine rings is 1. The molecule has 0 aliphatic rings. The van der Waals surface area contributed by atoms with Crippen molar-refractivity contribution in [3.05, 3.63) is 24.4 Å². The second-order valence-electron chi connectivity index (χ2n) is 4.70. The lowest BCUT2D eigenvalue weighted by Crippen LogP contribution is -1.95. The Bertz CT molecular complexity index is 652. The van der Waals surface area contributed by atoms with Crippen molar-refractivity contribution in [3.63, 3.8) is 0 Å². The van der Waals surface area contributed by atoms with Crippen LogP contribution in [0.25, 0.3) is 22.6 Å². The first-order chi connectivity index (χ1) is 8.72. The number of rotatable bonds is 3. The van der Waals surface area contributed by atoms with Gasteiger partial charge in [-0.25, -0.2) is 9.97 Å². The molecule has 6 nitrogen and oxygen atoms in total. The smallest absolute Gasteiger partial charge is 0.174 e. The predicted molar refractivity (Wildman–Crippen MR) is 67.8 cm³/mol. The van der Waals surface area contributed by atoms with Crippen molar-refractivity contribution < 1.29 is 0 Å². The number of nitrogens with one attached hydrogen (secondary N) is 2. The topological polar surface area (TPSA) is 83.1 Å². The number of nitrogens with zero attached hydrogens (tertiary/aromatic N) is 4. The molecule has 3 aromatic rings. The van der Waals surface area contributed by atoms with E-state index in [1.165, 1.54) is 6.33 Å². The maximum atomic E-state index is 4.57. The van der Waals surface area contributed by atoms with Crippen LogP contribution in [0.4, 0.5) is 0 Å². The van der Waals surface area contributed by atoms with E-state index in [0.29, 0.717) is 11.7 Å². The maximum absolute atomic E-state index is 4.57. The third-order valence-electron chi connectivity index (χ3n) is 2.68. The van der Waals surface area contributed by atoms with Crippen molar-refractivity contribution in [1.29, 1.82) is 0 Å². The van der Waals surface area contributed by atoms with E-state index in [-0.39, 0.29) is 0 Å². The van der Waals surface area contributed by atoms with Gasteiger partial charge in [0.15, 0.2) is 5.82 Å². The summed E-state index contributed by atoms with van der Waals surface area (Å²) in [6, 6.07) is 1.91. The number of hydrogen-bond donors (Lipinski definition) is 2. The number of H-pyrrole nitrogens is 2. The molecule has 0 aliphatic heterocycles. The first-order valence-electron chi connectivity index (χ1n) is 5.93. The molecule has 0 amide bonds. The van der Waals surface area contributed by atoms with E-state index >= 15 is 0 Å². The molecule has 0 saturated heterocycles. The highest BCUT2D eigenvalue weighted by Crippen LogP contribution is 2.18. The second kappa shape index (κ2) is 4.21. The van der Waals surface area contributed by atoms with Gasteiger partial charge in [0.25, 0.3) is 0 Å². The van der Waals surface area contributed by atoms with Gasteiger partial charge in [-0.05, 0) is 12.0 Å². The summed E-state index contributed by atoms with van der Waals surface area (Å²) in [6.45, 7) is 4.34. The van der Waals surface area contributed by atoms with Crippen molar-refractivity contribution in [1.82, 2.24) is 30.1 Å². The molecule has 3 heterocycles. The lowest BCUT2D eigenvalue weighted by atomic mass is 10.1. The molecule has 3 aromatic heterocycles. The molecular weight excluding hydrogens is 228 g/mol. The van der Waals surface area contributed by atoms with Crippen LogP contribution in [-0.2, 0) is 6.42 Å². The molecule has 0 atom stereocenters. The average molecular weight is 242 g/mol. The first kappa shape index (κ1) is 10.9. The van der Waals surface area contributed by atoms with Gasteiger partial charge in [0, 0.05) is 6.42 Å². The van der Waals surface area contributed by atoms with Gasteiger partial charge in [0.05, 0.1) is 17.2 Å². The van der Waals surface area contributed by atoms with E-state index in [2.05, 4.69) is 44.0 Å². The maximum Gasteiger partial charge on any atom is 0.174 e. The van der Waals surface area contributed by atoms with Crippen molar-refractivity contribution in [2.45, 2.75) is 20.3 Å². The van der Waals surface area contributed by atoms with Crippen LogP contribution in [0.2, 0.25) is 0 Å². The van der Waals surface area contributed by atoms with Crippen LogP contribution in [0.15, 0.2) is 18.6 Å². The number of aromatic nitrogens is 6. The fraction of sp³-hybridized carbons (Fsp3) is 0.333. The minimum absolute atomic E-state index is 0.576. The number of aromatic amines is 2. The van der Waals surface area contributed by atoms with Crippen LogP contribution in [0.3, 0.4) is 0 Å². The van der Waals surface area contributed by atoms with Crippen LogP contribution in [0.1, 0.15) is 19.7 Å². The zero-order chi connectivity index (χ0) is 12.5. The Balaban J connectivity index is 2.02. The Kier molecular flexibility index (Phi) is 2.55. The SMILES string of the molecule is CC(C)Cc1nc2cc(-c3ncn[nH]3)ncc2[nH]1. The van der Waals surface area contributed by atoms with Crippen molar-refractivity contribution in [3.8, 4) is 11.5 Å². The fourth-order valence-electron chi connectivity index (χ4n) is 1.90. The standard InChI is InChI=1S/C12H14N6/c1-7(2)3-11-16-8-4-9(12-14-6-15-18-12)13-5-10(8)17-11/h4-7H,3H2,1-2H3,(H,16,17)(H,14,15,18). The Morgan fingerprint density at radius 2 is 2.17 bits per heavy atom. The molecule has 0 fully saturated rings. The molecule has 0 spiro atoms. The van der Waals surface area contributed by atoms with Gasteiger partial charge in [-0.2, -0.15) is 5.10 Å². The Labute approximate surface area is 104 Å². The van der Waals surface area contributed by atoms with Crippen LogP contribution in [0, 0.1) is 5.92 Å². The summed E-state index contributed by atoms with van der Waals surface area (Å²) in [5.41, 5.74) is 2.61. The summed E-state index contributed by atoms with van der Waals surface area (Å²) < 4.78 is 0. The van der Waals surface area contributed by atoms with Gasteiger partial charge in [0.1, 0.15) is 17.8 Å². The van der Waals surface area contributed by atoms with E-state index < -0.39 is 0 Å². The normalized spacial score (nSPS) is 11.5. The van der Waals surface area contributed by atoms with E-state index in [1.54, 1.807) is 6.20 Å². The van der Waals surface area contributed by atoms with Gasteiger partial charge >= 0.3 is 0 Å². The van der Waals surface area contributed by atoms with Crippen LogP contribution in [-0.4, -0.2) is 30.1 Å². The zero-order valence-electron chi connectivity index (χ0n) is 10.3. The summed E-state index contributed by atoms with van der Waals surface area (Å²) in [7, 11) is 0. The Morgan fingerprint density at radius 3 is 2.89 bits per heavy atom. The summed E-state index contributed by atoms with van der Waals surface area (Å²) in [5, 5.41) is 6.61. The van der Waals surface area contributed by atoms with Gasteiger partial charge in [-0.3, -0.25) is 10.1 Å². The highest BCUT2D eigenvalue weighted by Gasteiger charge is 2.08. The Hall–Kier alpha value is -2.24. The molecule has 92 valence electrons. The quantitative estimate of drug-likeness (QED) is 0.735. The molecule has 2 N–H and O–H groups in total. The molecule has 0 radical (unpaired) electrons. The molecule has 3 rings (SSSR count). The van der Waals surface area contributed by atoms with Crippen LogP contribution in [0.5, 0.6) is 0 Å². The lowest BCUT2D eigenvalue weighted by molar-refractivity contribution is 0.627.